The Morgan fingerprint density at radius 3 is 2.67 bits per heavy atom. The molecule has 1 aliphatic carbocycles. The van der Waals surface area contributed by atoms with Crippen LogP contribution in [0, 0.1) is 5.92 Å². The fourth-order valence-corrected chi connectivity index (χ4v) is 3.92. The van der Waals surface area contributed by atoms with Crippen LogP contribution < -0.4 is 10.1 Å². The summed E-state index contributed by atoms with van der Waals surface area (Å²) in [6, 6.07) is 7.88. The monoisotopic (exact) mass is 309 g/mol. The van der Waals surface area contributed by atoms with Crippen LogP contribution in [0.25, 0.3) is 0 Å². The van der Waals surface area contributed by atoms with Crippen LogP contribution in [0.4, 0.5) is 0 Å². The Hall–Kier alpha value is -1.20. The lowest BCUT2D eigenvalue weighted by molar-refractivity contribution is -0.148. The molecule has 0 heterocycles. The molecule has 0 spiro atoms. The lowest BCUT2D eigenvalue weighted by atomic mass is 9.95. The minimum absolute atomic E-state index is 0.158. The van der Waals surface area contributed by atoms with Gasteiger partial charge < -0.3 is 14.8 Å². The quantitative estimate of drug-likeness (QED) is 0.591. The summed E-state index contributed by atoms with van der Waals surface area (Å²) in [6.07, 6.45) is 2.16. The van der Waals surface area contributed by atoms with Gasteiger partial charge in [0.2, 0.25) is 0 Å². The van der Waals surface area contributed by atoms with Gasteiger partial charge in [0.25, 0.3) is 0 Å². The molecule has 0 saturated heterocycles. The van der Waals surface area contributed by atoms with Crippen molar-refractivity contribution in [1.29, 1.82) is 0 Å². The van der Waals surface area contributed by atoms with E-state index in [0.29, 0.717) is 11.7 Å². The van der Waals surface area contributed by atoms with E-state index in [2.05, 4.69) is 5.32 Å². The predicted octanol–water partition coefficient (Wildman–Crippen LogP) is 2.72. The maximum Gasteiger partial charge on any atom is 0.327 e. The summed E-state index contributed by atoms with van der Waals surface area (Å²) in [5.74, 6) is 1.70. The van der Waals surface area contributed by atoms with Gasteiger partial charge in [-0.2, -0.15) is 0 Å². The van der Waals surface area contributed by atoms with Crippen molar-refractivity contribution in [2.45, 2.75) is 30.2 Å². The fourth-order valence-electron chi connectivity index (χ4n) is 2.61. The van der Waals surface area contributed by atoms with Gasteiger partial charge in [-0.05, 0) is 37.4 Å². The molecule has 0 amide bonds. The molecular weight excluding hydrogens is 286 g/mol. The smallest absolute Gasteiger partial charge is 0.327 e. The lowest BCUT2D eigenvalue weighted by Crippen LogP contribution is -2.56. The number of carbonyl (C=O) groups excluding carboxylic acids is 1. The number of ether oxygens (including phenoxy) is 2. The average Bonchev–Trinajstić information content (AvgIpc) is 3.36. The third-order valence-electron chi connectivity index (χ3n) is 3.84. The number of hydrogen-bond acceptors (Lipinski definition) is 5. The van der Waals surface area contributed by atoms with E-state index < -0.39 is 5.54 Å². The highest BCUT2D eigenvalue weighted by molar-refractivity contribution is 7.99. The van der Waals surface area contributed by atoms with Crippen LogP contribution in [-0.2, 0) is 9.53 Å². The molecule has 21 heavy (non-hydrogen) atoms. The van der Waals surface area contributed by atoms with E-state index in [1.165, 1.54) is 7.11 Å². The zero-order valence-electron chi connectivity index (χ0n) is 12.8. The standard InChI is InChI=1S/C16H23NO3S/c1-4-17-16(12-9-10-12,15(18)20-3)11-21-14-8-6-5-7-13(14)19-2/h5-8,12,17H,4,9-11H2,1-3H3. The van der Waals surface area contributed by atoms with Crippen molar-refractivity contribution < 1.29 is 14.3 Å². The molecular formula is C16H23NO3S. The first-order valence-electron chi connectivity index (χ1n) is 7.27. The summed E-state index contributed by atoms with van der Waals surface area (Å²) in [5.41, 5.74) is -0.588. The molecule has 1 N–H and O–H groups in total. The van der Waals surface area contributed by atoms with Crippen molar-refractivity contribution in [3.05, 3.63) is 24.3 Å². The number of para-hydroxylation sites is 1. The number of benzene rings is 1. The highest BCUT2D eigenvalue weighted by Crippen LogP contribution is 2.44. The van der Waals surface area contributed by atoms with Crippen molar-refractivity contribution >= 4 is 17.7 Å². The van der Waals surface area contributed by atoms with Gasteiger partial charge in [-0.3, -0.25) is 4.79 Å². The van der Waals surface area contributed by atoms with Gasteiger partial charge in [-0.15, -0.1) is 11.8 Å². The molecule has 1 atom stereocenters. The van der Waals surface area contributed by atoms with E-state index in [1.807, 2.05) is 31.2 Å². The van der Waals surface area contributed by atoms with Gasteiger partial charge >= 0.3 is 5.97 Å². The first-order valence-corrected chi connectivity index (χ1v) is 8.25. The normalized spacial score (nSPS) is 17.1. The molecule has 2 rings (SSSR count). The molecule has 1 aromatic carbocycles. The Labute approximate surface area is 130 Å². The minimum Gasteiger partial charge on any atom is -0.496 e. The Kier molecular flexibility index (Phi) is 5.53. The highest BCUT2D eigenvalue weighted by atomic mass is 32.2. The molecule has 116 valence electrons. The predicted molar refractivity (Wildman–Crippen MR) is 84.9 cm³/mol. The molecule has 0 bridgehead atoms. The zero-order chi connectivity index (χ0) is 15.3. The van der Waals surface area contributed by atoms with Crippen LogP contribution in [0.2, 0.25) is 0 Å². The maximum absolute atomic E-state index is 12.4. The van der Waals surface area contributed by atoms with Crippen molar-refractivity contribution in [3.8, 4) is 5.75 Å². The number of nitrogens with one attached hydrogen (secondary N) is 1. The third-order valence-corrected chi connectivity index (χ3v) is 5.09. The second kappa shape index (κ2) is 7.18. The van der Waals surface area contributed by atoms with Gasteiger partial charge in [0.05, 0.1) is 14.2 Å². The molecule has 5 heteroatoms. The molecule has 4 nitrogen and oxygen atoms in total. The summed E-state index contributed by atoms with van der Waals surface area (Å²) in [4.78, 5) is 13.4. The van der Waals surface area contributed by atoms with Gasteiger partial charge in [0, 0.05) is 10.6 Å². The number of esters is 1. The maximum atomic E-state index is 12.4. The molecule has 1 fully saturated rings. The number of carbonyl (C=O) groups is 1. The fraction of sp³-hybridized carbons (Fsp3) is 0.562. The van der Waals surface area contributed by atoms with Crippen LogP contribution in [0.15, 0.2) is 29.2 Å². The van der Waals surface area contributed by atoms with Crippen molar-refractivity contribution in [1.82, 2.24) is 5.32 Å². The number of hydrogen-bond donors (Lipinski definition) is 1. The summed E-state index contributed by atoms with van der Waals surface area (Å²) in [6.45, 7) is 2.77. The Bertz CT molecular complexity index is 490. The van der Waals surface area contributed by atoms with Crippen LogP contribution in [-0.4, -0.2) is 38.0 Å². The van der Waals surface area contributed by atoms with Crippen molar-refractivity contribution in [2.75, 3.05) is 26.5 Å². The van der Waals surface area contributed by atoms with Crippen LogP contribution >= 0.6 is 11.8 Å². The van der Waals surface area contributed by atoms with Gasteiger partial charge in [0.1, 0.15) is 11.3 Å². The van der Waals surface area contributed by atoms with Gasteiger partial charge in [0.15, 0.2) is 0 Å². The Morgan fingerprint density at radius 1 is 1.38 bits per heavy atom. The van der Waals surface area contributed by atoms with E-state index in [4.69, 9.17) is 9.47 Å². The largest absolute Gasteiger partial charge is 0.496 e. The first-order chi connectivity index (χ1) is 10.2. The Morgan fingerprint density at radius 2 is 2.10 bits per heavy atom. The molecule has 0 radical (unpaired) electrons. The van der Waals surface area contributed by atoms with E-state index in [9.17, 15) is 4.79 Å². The van der Waals surface area contributed by atoms with Crippen molar-refractivity contribution in [3.63, 3.8) is 0 Å². The van der Waals surface area contributed by atoms with E-state index in [0.717, 1.165) is 30.0 Å². The number of rotatable bonds is 8. The van der Waals surface area contributed by atoms with Crippen LogP contribution in [0.5, 0.6) is 5.75 Å². The summed E-state index contributed by atoms with van der Waals surface area (Å²) >= 11 is 1.64. The summed E-state index contributed by atoms with van der Waals surface area (Å²) in [5, 5.41) is 3.38. The molecule has 0 aromatic heterocycles. The van der Waals surface area contributed by atoms with Crippen LogP contribution in [0.1, 0.15) is 19.8 Å². The molecule has 1 aromatic rings. The zero-order valence-corrected chi connectivity index (χ0v) is 13.7. The Balaban J connectivity index is 2.17. The molecule has 0 aliphatic heterocycles. The number of methoxy groups -OCH3 is 2. The first kappa shape index (κ1) is 16.2. The van der Waals surface area contributed by atoms with Gasteiger partial charge in [-0.1, -0.05) is 19.1 Å². The average molecular weight is 309 g/mol. The number of likely N-dealkylation sites (N-methyl/N-ethyl adjacent to an activating group) is 1. The number of thioether (sulfide) groups is 1. The second-order valence-electron chi connectivity index (χ2n) is 5.21. The molecule has 1 saturated carbocycles. The topological polar surface area (TPSA) is 47.6 Å². The second-order valence-corrected chi connectivity index (χ2v) is 6.22. The van der Waals surface area contributed by atoms with E-state index in [-0.39, 0.29) is 5.97 Å². The highest BCUT2D eigenvalue weighted by Gasteiger charge is 2.51. The molecule has 1 unspecified atom stereocenters. The minimum atomic E-state index is -0.588. The summed E-state index contributed by atoms with van der Waals surface area (Å²) in [7, 11) is 3.13. The lowest BCUT2D eigenvalue weighted by Gasteiger charge is -2.31. The summed E-state index contributed by atoms with van der Waals surface area (Å²) < 4.78 is 10.4. The van der Waals surface area contributed by atoms with Crippen LogP contribution in [0.3, 0.4) is 0 Å². The van der Waals surface area contributed by atoms with Crippen molar-refractivity contribution in [2.24, 2.45) is 5.92 Å². The molecule has 1 aliphatic rings. The van der Waals surface area contributed by atoms with Gasteiger partial charge in [-0.25, -0.2) is 0 Å². The SMILES string of the molecule is CCNC(CSc1ccccc1OC)(C(=O)OC)C1CC1. The van der Waals surface area contributed by atoms with E-state index >= 15 is 0 Å². The van der Waals surface area contributed by atoms with E-state index in [1.54, 1.807) is 18.9 Å². The third kappa shape index (κ3) is 3.52.